The number of carbonyl (C=O) groups is 1. The Morgan fingerprint density at radius 2 is 2.14 bits per heavy atom. The van der Waals surface area contributed by atoms with E-state index in [-0.39, 0.29) is 11.7 Å². The molecule has 0 bridgehead atoms. The molecule has 0 aromatic rings. The van der Waals surface area contributed by atoms with Gasteiger partial charge in [0, 0.05) is 6.54 Å². The van der Waals surface area contributed by atoms with Crippen LogP contribution >= 0.6 is 0 Å². The van der Waals surface area contributed by atoms with Gasteiger partial charge in [-0.15, -0.1) is 0 Å². The molecule has 1 amide bonds. The van der Waals surface area contributed by atoms with Crippen LogP contribution in [-0.4, -0.2) is 29.2 Å². The van der Waals surface area contributed by atoms with Gasteiger partial charge in [-0.2, -0.15) is 0 Å². The first-order valence-electron chi connectivity index (χ1n) is 5.43. The number of unbranched alkanes of at least 4 members (excludes halogenated alkanes) is 1. The topological polar surface area (TPSA) is 29.3 Å². The predicted octanol–water partition coefficient (Wildman–Crippen LogP) is 2.80. The zero-order chi connectivity index (χ0) is 10.8. The van der Waals surface area contributed by atoms with E-state index in [1.54, 1.807) is 4.90 Å². The summed E-state index contributed by atoms with van der Waals surface area (Å²) >= 11 is 0. The average molecular weight is 199 g/mol. The zero-order valence-electron chi connectivity index (χ0n) is 9.67. The van der Waals surface area contributed by atoms with Gasteiger partial charge in [0.15, 0.2) is 0 Å². The van der Waals surface area contributed by atoms with Crippen molar-refractivity contribution in [2.45, 2.75) is 58.6 Å². The fourth-order valence-electron chi connectivity index (χ4n) is 1.41. The summed E-state index contributed by atoms with van der Waals surface area (Å²) < 4.78 is 5.26. The highest BCUT2D eigenvalue weighted by molar-refractivity contribution is 5.71. The van der Waals surface area contributed by atoms with E-state index in [0.717, 1.165) is 13.0 Å². The van der Waals surface area contributed by atoms with Crippen LogP contribution in [0.3, 0.4) is 0 Å². The Morgan fingerprint density at radius 1 is 1.50 bits per heavy atom. The second-order valence-corrected chi connectivity index (χ2v) is 4.93. The zero-order valence-corrected chi connectivity index (χ0v) is 9.67. The summed E-state index contributed by atoms with van der Waals surface area (Å²) in [5.41, 5.74) is -0.366. The molecule has 82 valence electrons. The van der Waals surface area contributed by atoms with Crippen LogP contribution in [0.5, 0.6) is 0 Å². The molecule has 14 heavy (non-hydrogen) atoms. The largest absolute Gasteiger partial charge is 0.444 e. The molecule has 1 aliphatic heterocycles. The quantitative estimate of drug-likeness (QED) is 0.654. The second kappa shape index (κ2) is 4.20. The van der Waals surface area contributed by atoms with Gasteiger partial charge in [0.1, 0.15) is 5.60 Å². The Labute approximate surface area is 86.4 Å². The van der Waals surface area contributed by atoms with Crippen LogP contribution in [0, 0.1) is 0 Å². The monoisotopic (exact) mass is 199 g/mol. The van der Waals surface area contributed by atoms with Crippen molar-refractivity contribution in [3.63, 3.8) is 0 Å². The second-order valence-electron chi connectivity index (χ2n) is 4.93. The molecule has 1 fully saturated rings. The molecular formula is C11H21NO2. The summed E-state index contributed by atoms with van der Waals surface area (Å²) in [5, 5.41) is 0. The Morgan fingerprint density at radius 3 is 2.64 bits per heavy atom. The number of ether oxygens (including phenoxy) is 1. The minimum absolute atomic E-state index is 0.154. The van der Waals surface area contributed by atoms with Crippen LogP contribution in [-0.2, 0) is 4.74 Å². The van der Waals surface area contributed by atoms with E-state index in [9.17, 15) is 4.79 Å². The van der Waals surface area contributed by atoms with Crippen molar-refractivity contribution in [2.75, 3.05) is 6.54 Å². The molecule has 0 saturated carbocycles. The third kappa shape index (κ3) is 3.56. The molecule has 1 aliphatic rings. The van der Waals surface area contributed by atoms with Gasteiger partial charge in [-0.1, -0.05) is 19.8 Å². The first-order valence-corrected chi connectivity index (χ1v) is 5.43. The molecule has 0 aromatic carbocycles. The van der Waals surface area contributed by atoms with E-state index in [2.05, 4.69) is 6.92 Å². The predicted molar refractivity (Wildman–Crippen MR) is 56.3 cm³/mol. The normalized spacial score (nSPS) is 20.9. The summed E-state index contributed by atoms with van der Waals surface area (Å²) in [6.45, 7) is 8.75. The van der Waals surface area contributed by atoms with Crippen molar-refractivity contribution in [1.82, 2.24) is 4.90 Å². The molecule has 1 atom stereocenters. The lowest BCUT2D eigenvalue weighted by atomic mass is 10.2. The minimum atomic E-state index is -0.366. The summed E-state index contributed by atoms with van der Waals surface area (Å²) in [7, 11) is 0. The van der Waals surface area contributed by atoms with Crippen LogP contribution in [0.4, 0.5) is 4.79 Å². The minimum Gasteiger partial charge on any atom is -0.444 e. The fraction of sp³-hybridized carbons (Fsp3) is 0.909. The van der Waals surface area contributed by atoms with Crippen molar-refractivity contribution in [3.8, 4) is 0 Å². The number of carbonyl (C=O) groups excluding carboxylic acids is 1. The van der Waals surface area contributed by atoms with Crippen LogP contribution in [0.2, 0.25) is 0 Å². The van der Waals surface area contributed by atoms with E-state index < -0.39 is 0 Å². The maximum absolute atomic E-state index is 11.5. The lowest BCUT2D eigenvalue weighted by Gasteiger charge is -2.19. The van der Waals surface area contributed by atoms with Gasteiger partial charge in [-0.25, -0.2) is 4.79 Å². The molecule has 1 saturated heterocycles. The summed E-state index contributed by atoms with van der Waals surface area (Å²) in [6, 6.07) is 0.449. The summed E-state index contributed by atoms with van der Waals surface area (Å²) in [4.78, 5) is 13.3. The average Bonchev–Trinajstić information content (AvgIpc) is 2.76. The first-order chi connectivity index (χ1) is 6.44. The van der Waals surface area contributed by atoms with E-state index in [0.29, 0.717) is 6.04 Å². The molecule has 0 aromatic heterocycles. The highest BCUT2D eigenvalue weighted by Crippen LogP contribution is 2.25. The number of hydrogen-bond acceptors (Lipinski definition) is 2. The van der Waals surface area contributed by atoms with Gasteiger partial charge in [-0.05, 0) is 27.2 Å². The van der Waals surface area contributed by atoms with Crippen LogP contribution in [0.25, 0.3) is 0 Å². The molecule has 3 heteroatoms. The van der Waals surface area contributed by atoms with Crippen molar-refractivity contribution in [1.29, 1.82) is 0 Å². The van der Waals surface area contributed by atoms with Gasteiger partial charge in [0.05, 0.1) is 6.04 Å². The third-order valence-electron chi connectivity index (χ3n) is 2.23. The molecule has 1 rings (SSSR count). The van der Waals surface area contributed by atoms with Crippen LogP contribution in [0.15, 0.2) is 0 Å². The number of hydrogen-bond donors (Lipinski definition) is 0. The van der Waals surface area contributed by atoms with Gasteiger partial charge in [0.25, 0.3) is 0 Å². The SMILES string of the molecule is CCCC[C@H]1CN1C(=O)OC(C)(C)C. The summed E-state index contributed by atoms with van der Waals surface area (Å²) in [5.74, 6) is 0. The van der Waals surface area contributed by atoms with Gasteiger partial charge >= 0.3 is 6.09 Å². The maximum atomic E-state index is 11.5. The van der Waals surface area contributed by atoms with Crippen LogP contribution < -0.4 is 0 Å². The van der Waals surface area contributed by atoms with Crippen molar-refractivity contribution < 1.29 is 9.53 Å². The molecule has 0 unspecified atom stereocenters. The molecule has 0 radical (unpaired) electrons. The van der Waals surface area contributed by atoms with Gasteiger partial charge in [0.2, 0.25) is 0 Å². The maximum Gasteiger partial charge on any atom is 0.410 e. The van der Waals surface area contributed by atoms with Gasteiger partial charge < -0.3 is 9.64 Å². The molecule has 3 nitrogen and oxygen atoms in total. The highest BCUT2D eigenvalue weighted by Gasteiger charge is 2.40. The van der Waals surface area contributed by atoms with Crippen molar-refractivity contribution in [3.05, 3.63) is 0 Å². The molecule has 1 heterocycles. The number of nitrogens with zero attached hydrogens (tertiary/aromatic N) is 1. The van der Waals surface area contributed by atoms with Crippen LogP contribution in [0.1, 0.15) is 47.0 Å². The lowest BCUT2D eigenvalue weighted by Crippen LogP contribution is -2.27. The number of rotatable bonds is 3. The fourth-order valence-corrected chi connectivity index (χ4v) is 1.41. The van der Waals surface area contributed by atoms with E-state index in [1.807, 2.05) is 20.8 Å². The van der Waals surface area contributed by atoms with Crippen molar-refractivity contribution >= 4 is 6.09 Å². The van der Waals surface area contributed by atoms with E-state index in [4.69, 9.17) is 4.74 Å². The first kappa shape index (κ1) is 11.3. The summed E-state index contributed by atoms with van der Waals surface area (Å²) in [6.07, 6.45) is 3.36. The Kier molecular flexibility index (Phi) is 3.40. The van der Waals surface area contributed by atoms with Gasteiger partial charge in [-0.3, -0.25) is 0 Å². The highest BCUT2D eigenvalue weighted by atomic mass is 16.6. The Bertz CT molecular complexity index is 208. The smallest absolute Gasteiger partial charge is 0.410 e. The lowest BCUT2D eigenvalue weighted by molar-refractivity contribution is 0.0405. The van der Waals surface area contributed by atoms with Crippen molar-refractivity contribution in [2.24, 2.45) is 0 Å². The van der Waals surface area contributed by atoms with E-state index in [1.165, 1.54) is 12.8 Å². The van der Waals surface area contributed by atoms with E-state index >= 15 is 0 Å². The third-order valence-corrected chi connectivity index (χ3v) is 2.23. The molecule has 0 aliphatic carbocycles. The Balaban J connectivity index is 2.22. The molecule has 0 spiro atoms. The molecule has 0 N–H and O–H groups in total. The molecular weight excluding hydrogens is 178 g/mol. The Hall–Kier alpha value is -0.730. The standard InChI is InChI=1S/C11H21NO2/c1-5-6-7-9-8-12(9)10(13)14-11(2,3)4/h9H,5-8H2,1-4H3/t9-,12?/m0/s1. The number of amides is 1.